The summed E-state index contributed by atoms with van der Waals surface area (Å²) in [6.07, 6.45) is 2.03. The SMILES string of the molecule is CCOc1c(N)cccc1C(=O)NCC(C)(C)SC. The molecule has 4 nitrogen and oxygen atoms in total. The lowest BCUT2D eigenvalue weighted by molar-refractivity contribution is 0.0947. The molecule has 0 bridgehead atoms. The number of nitrogens with one attached hydrogen (secondary N) is 1. The molecule has 19 heavy (non-hydrogen) atoms. The van der Waals surface area contributed by atoms with Crippen LogP contribution in [0.2, 0.25) is 0 Å². The smallest absolute Gasteiger partial charge is 0.255 e. The molecule has 1 amide bonds. The third-order valence-electron chi connectivity index (χ3n) is 2.81. The van der Waals surface area contributed by atoms with Crippen molar-refractivity contribution in [1.82, 2.24) is 5.32 Å². The topological polar surface area (TPSA) is 64.3 Å². The van der Waals surface area contributed by atoms with Gasteiger partial charge in [0.25, 0.3) is 5.91 Å². The standard InChI is InChI=1S/C14H22N2O2S/c1-5-18-12-10(7-6-8-11(12)15)13(17)16-9-14(2,3)19-4/h6-8H,5,9,15H2,1-4H3,(H,16,17). The van der Waals surface area contributed by atoms with Crippen molar-refractivity contribution in [3.63, 3.8) is 0 Å². The minimum atomic E-state index is -0.155. The Kier molecular flexibility index (Phi) is 5.54. The van der Waals surface area contributed by atoms with Crippen LogP contribution in [0, 0.1) is 0 Å². The predicted octanol–water partition coefficient (Wildman–Crippen LogP) is 2.54. The highest BCUT2D eigenvalue weighted by atomic mass is 32.2. The molecule has 1 aromatic carbocycles. The van der Waals surface area contributed by atoms with Gasteiger partial charge in [-0.2, -0.15) is 11.8 Å². The number of hydrogen-bond donors (Lipinski definition) is 2. The summed E-state index contributed by atoms with van der Waals surface area (Å²) in [4.78, 5) is 12.2. The van der Waals surface area contributed by atoms with E-state index in [4.69, 9.17) is 10.5 Å². The van der Waals surface area contributed by atoms with Gasteiger partial charge in [0, 0.05) is 11.3 Å². The number of nitrogen functional groups attached to an aromatic ring is 1. The van der Waals surface area contributed by atoms with Gasteiger partial charge in [-0.05, 0) is 39.2 Å². The van der Waals surface area contributed by atoms with Gasteiger partial charge in [-0.1, -0.05) is 6.07 Å². The van der Waals surface area contributed by atoms with E-state index in [0.29, 0.717) is 30.2 Å². The van der Waals surface area contributed by atoms with Crippen LogP contribution < -0.4 is 15.8 Å². The van der Waals surface area contributed by atoms with E-state index in [9.17, 15) is 4.79 Å². The monoisotopic (exact) mass is 282 g/mol. The Balaban J connectivity index is 2.85. The number of anilines is 1. The Morgan fingerprint density at radius 3 is 2.74 bits per heavy atom. The number of carbonyl (C=O) groups is 1. The summed E-state index contributed by atoms with van der Waals surface area (Å²) >= 11 is 1.71. The average molecular weight is 282 g/mol. The van der Waals surface area contributed by atoms with Crippen LogP contribution in [0.3, 0.4) is 0 Å². The second-order valence-corrected chi connectivity index (χ2v) is 6.32. The maximum Gasteiger partial charge on any atom is 0.255 e. The lowest BCUT2D eigenvalue weighted by atomic mass is 10.1. The molecule has 0 saturated carbocycles. The average Bonchev–Trinajstić information content (AvgIpc) is 2.38. The summed E-state index contributed by atoms with van der Waals surface area (Å²) in [5.41, 5.74) is 6.81. The quantitative estimate of drug-likeness (QED) is 0.787. The van der Waals surface area contributed by atoms with Gasteiger partial charge in [0.05, 0.1) is 17.9 Å². The summed E-state index contributed by atoms with van der Waals surface area (Å²) in [6.45, 7) is 7.10. The van der Waals surface area contributed by atoms with Crippen LogP contribution in [0.5, 0.6) is 5.75 Å². The van der Waals surface area contributed by atoms with Crippen molar-refractivity contribution < 1.29 is 9.53 Å². The van der Waals surface area contributed by atoms with Gasteiger partial charge in [0.2, 0.25) is 0 Å². The van der Waals surface area contributed by atoms with Crippen molar-refractivity contribution in [3.8, 4) is 5.75 Å². The largest absolute Gasteiger partial charge is 0.491 e. The van der Waals surface area contributed by atoms with E-state index in [1.807, 2.05) is 13.2 Å². The van der Waals surface area contributed by atoms with Gasteiger partial charge in [0.15, 0.2) is 5.75 Å². The van der Waals surface area contributed by atoms with Crippen molar-refractivity contribution >= 4 is 23.4 Å². The zero-order valence-electron chi connectivity index (χ0n) is 11.9. The summed E-state index contributed by atoms with van der Waals surface area (Å²) in [5, 5.41) is 2.92. The van der Waals surface area contributed by atoms with E-state index >= 15 is 0 Å². The molecule has 0 aliphatic rings. The Hall–Kier alpha value is -1.36. The molecule has 3 N–H and O–H groups in total. The molecule has 0 spiro atoms. The number of benzene rings is 1. The Morgan fingerprint density at radius 2 is 2.16 bits per heavy atom. The van der Waals surface area contributed by atoms with Crippen LogP contribution in [0.25, 0.3) is 0 Å². The number of amides is 1. The molecule has 0 atom stereocenters. The molecule has 0 aromatic heterocycles. The molecule has 1 rings (SSSR count). The van der Waals surface area contributed by atoms with Gasteiger partial charge < -0.3 is 15.8 Å². The van der Waals surface area contributed by atoms with Crippen LogP contribution in [0.15, 0.2) is 18.2 Å². The zero-order chi connectivity index (χ0) is 14.5. The molecule has 0 unspecified atom stereocenters. The fourth-order valence-electron chi connectivity index (χ4n) is 1.50. The second kappa shape index (κ2) is 6.70. The van der Waals surface area contributed by atoms with Gasteiger partial charge in [-0.25, -0.2) is 0 Å². The summed E-state index contributed by atoms with van der Waals surface area (Å²) < 4.78 is 5.46. The molecule has 0 aliphatic heterocycles. The lowest BCUT2D eigenvalue weighted by Gasteiger charge is -2.22. The zero-order valence-corrected chi connectivity index (χ0v) is 12.8. The Morgan fingerprint density at radius 1 is 1.47 bits per heavy atom. The van der Waals surface area contributed by atoms with E-state index in [-0.39, 0.29) is 10.7 Å². The van der Waals surface area contributed by atoms with Crippen LogP contribution in [0.4, 0.5) is 5.69 Å². The van der Waals surface area contributed by atoms with Gasteiger partial charge >= 0.3 is 0 Å². The first-order chi connectivity index (χ1) is 8.91. The first-order valence-corrected chi connectivity index (χ1v) is 7.48. The first kappa shape index (κ1) is 15.7. The molecule has 106 valence electrons. The molecule has 1 aromatic rings. The molecular formula is C14H22N2O2S. The fourth-order valence-corrected chi connectivity index (χ4v) is 1.72. The van der Waals surface area contributed by atoms with Crippen molar-refractivity contribution in [2.24, 2.45) is 0 Å². The van der Waals surface area contributed by atoms with Crippen molar-refractivity contribution in [3.05, 3.63) is 23.8 Å². The number of carbonyl (C=O) groups excluding carboxylic acids is 1. The van der Waals surface area contributed by atoms with E-state index in [0.717, 1.165) is 0 Å². The number of ether oxygens (including phenoxy) is 1. The number of thioether (sulfide) groups is 1. The second-order valence-electron chi connectivity index (χ2n) is 4.80. The first-order valence-electron chi connectivity index (χ1n) is 6.26. The van der Waals surface area contributed by atoms with Crippen LogP contribution in [-0.4, -0.2) is 30.1 Å². The Labute approximate surface area is 119 Å². The van der Waals surface area contributed by atoms with Gasteiger partial charge in [-0.15, -0.1) is 0 Å². The summed E-state index contributed by atoms with van der Waals surface area (Å²) in [6, 6.07) is 5.21. The number of para-hydroxylation sites is 1. The van der Waals surface area contributed by atoms with E-state index in [1.54, 1.807) is 30.0 Å². The molecule has 0 fully saturated rings. The fraction of sp³-hybridized carbons (Fsp3) is 0.500. The van der Waals surface area contributed by atoms with Crippen LogP contribution in [-0.2, 0) is 0 Å². The minimum absolute atomic E-state index is 0.00175. The van der Waals surface area contributed by atoms with Crippen LogP contribution >= 0.6 is 11.8 Å². The third kappa shape index (κ3) is 4.35. The van der Waals surface area contributed by atoms with Gasteiger partial charge in [-0.3, -0.25) is 4.79 Å². The van der Waals surface area contributed by atoms with E-state index in [1.165, 1.54) is 0 Å². The highest BCUT2D eigenvalue weighted by molar-refractivity contribution is 7.99. The Bertz CT molecular complexity index is 447. The maximum atomic E-state index is 12.2. The molecule has 0 aliphatic carbocycles. The molecule has 0 saturated heterocycles. The molecule has 0 radical (unpaired) electrons. The number of nitrogens with two attached hydrogens (primary N) is 1. The third-order valence-corrected chi connectivity index (χ3v) is 4.06. The summed E-state index contributed by atoms with van der Waals surface area (Å²) in [5.74, 6) is 0.308. The van der Waals surface area contributed by atoms with Crippen molar-refractivity contribution in [2.75, 3.05) is 25.1 Å². The predicted molar refractivity (Wildman–Crippen MR) is 82.0 cm³/mol. The maximum absolute atomic E-state index is 12.2. The number of rotatable bonds is 6. The number of hydrogen-bond acceptors (Lipinski definition) is 4. The molecular weight excluding hydrogens is 260 g/mol. The highest BCUT2D eigenvalue weighted by Gasteiger charge is 2.20. The normalized spacial score (nSPS) is 11.2. The minimum Gasteiger partial charge on any atom is -0.491 e. The van der Waals surface area contributed by atoms with Gasteiger partial charge in [0.1, 0.15) is 0 Å². The lowest BCUT2D eigenvalue weighted by Crippen LogP contribution is -2.36. The molecule has 5 heteroatoms. The van der Waals surface area contributed by atoms with Crippen LogP contribution in [0.1, 0.15) is 31.1 Å². The summed E-state index contributed by atoms with van der Waals surface area (Å²) in [7, 11) is 0. The van der Waals surface area contributed by atoms with E-state index < -0.39 is 0 Å². The molecule has 0 heterocycles. The highest BCUT2D eigenvalue weighted by Crippen LogP contribution is 2.26. The van der Waals surface area contributed by atoms with E-state index in [2.05, 4.69) is 19.2 Å². The van der Waals surface area contributed by atoms with Crippen molar-refractivity contribution in [2.45, 2.75) is 25.5 Å². The van der Waals surface area contributed by atoms with Crippen molar-refractivity contribution in [1.29, 1.82) is 0 Å².